The van der Waals surface area contributed by atoms with Gasteiger partial charge in [0.05, 0.1) is 23.9 Å². The number of rotatable bonds is 3. The summed E-state index contributed by atoms with van der Waals surface area (Å²) < 4.78 is 6.85. The van der Waals surface area contributed by atoms with Crippen molar-refractivity contribution in [1.29, 1.82) is 0 Å². The number of nitrogens with zero attached hydrogens (tertiary/aromatic N) is 1. The second-order valence-corrected chi connectivity index (χ2v) is 6.91. The third kappa shape index (κ3) is 2.71. The van der Waals surface area contributed by atoms with Crippen molar-refractivity contribution in [2.45, 2.75) is 25.8 Å². The average Bonchev–Trinajstić information content (AvgIpc) is 2.97. The Balaban J connectivity index is 1.96. The van der Waals surface area contributed by atoms with Crippen molar-refractivity contribution in [3.63, 3.8) is 0 Å². The Morgan fingerprint density at radius 2 is 2.00 bits per heavy atom. The van der Waals surface area contributed by atoms with Gasteiger partial charge in [-0.15, -0.1) is 0 Å². The Morgan fingerprint density at radius 1 is 1.19 bits per heavy atom. The van der Waals surface area contributed by atoms with E-state index >= 15 is 0 Å². The second kappa shape index (κ2) is 6.61. The molecule has 0 atom stereocenters. The highest BCUT2D eigenvalue weighted by molar-refractivity contribution is 6.31. The number of aryl methyl sites for hydroxylation is 1. The van der Waals surface area contributed by atoms with E-state index in [-0.39, 0.29) is 11.8 Å². The van der Waals surface area contributed by atoms with Crippen LogP contribution in [0.2, 0.25) is 5.02 Å². The number of halogens is 1. The van der Waals surface area contributed by atoms with E-state index in [4.69, 9.17) is 16.3 Å². The zero-order chi connectivity index (χ0) is 18.3. The van der Waals surface area contributed by atoms with Gasteiger partial charge in [-0.2, -0.15) is 0 Å². The van der Waals surface area contributed by atoms with E-state index in [1.807, 2.05) is 41.0 Å². The zero-order valence-corrected chi connectivity index (χ0v) is 15.2. The van der Waals surface area contributed by atoms with Crippen molar-refractivity contribution in [3.05, 3.63) is 69.9 Å². The number of ketones is 1. The smallest absolute Gasteiger partial charge is 0.337 e. The molecule has 0 saturated carbocycles. The van der Waals surface area contributed by atoms with Crippen LogP contribution in [0.5, 0.6) is 0 Å². The lowest BCUT2D eigenvalue weighted by atomic mass is 9.94. The maximum atomic E-state index is 12.7. The molecule has 0 unspecified atom stereocenters. The summed E-state index contributed by atoms with van der Waals surface area (Å²) in [5.41, 5.74) is 4.10. The van der Waals surface area contributed by atoms with E-state index in [1.165, 1.54) is 7.11 Å². The molecular weight excluding hydrogens is 350 g/mol. The highest BCUT2D eigenvalue weighted by Gasteiger charge is 2.26. The monoisotopic (exact) mass is 367 g/mol. The minimum Gasteiger partial charge on any atom is -0.465 e. The molecule has 1 aliphatic rings. The molecule has 1 heterocycles. The molecule has 0 N–H and O–H groups in total. The molecule has 4 nitrogen and oxygen atoms in total. The van der Waals surface area contributed by atoms with Crippen molar-refractivity contribution in [2.24, 2.45) is 0 Å². The molecule has 132 valence electrons. The van der Waals surface area contributed by atoms with Crippen molar-refractivity contribution >= 4 is 34.3 Å². The molecule has 0 spiro atoms. The highest BCUT2D eigenvalue weighted by atomic mass is 35.5. The summed E-state index contributed by atoms with van der Waals surface area (Å²) in [4.78, 5) is 24.6. The van der Waals surface area contributed by atoms with Gasteiger partial charge in [-0.3, -0.25) is 4.79 Å². The van der Waals surface area contributed by atoms with Gasteiger partial charge in [-0.1, -0.05) is 35.9 Å². The van der Waals surface area contributed by atoms with Crippen LogP contribution in [0.15, 0.2) is 42.5 Å². The fourth-order valence-corrected chi connectivity index (χ4v) is 3.94. The van der Waals surface area contributed by atoms with Gasteiger partial charge in [0.25, 0.3) is 0 Å². The first kappa shape index (κ1) is 16.9. The van der Waals surface area contributed by atoms with E-state index in [0.717, 1.165) is 40.6 Å². The van der Waals surface area contributed by atoms with E-state index in [2.05, 4.69) is 0 Å². The van der Waals surface area contributed by atoms with Gasteiger partial charge in [0.15, 0.2) is 5.78 Å². The molecular formula is C21H18ClNO3. The lowest BCUT2D eigenvalue weighted by Crippen LogP contribution is -2.16. The number of benzene rings is 2. The van der Waals surface area contributed by atoms with E-state index in [0.29, 0.717) is 23.6 Å². The summed E-state index contributed by atoms with van der Waals surface area (Å²) in [6.07, 6.45) is 2.27. The van der Waals surface area contributed by atoms with Crippen LogP contribution in [-0.2, 0) is 17.7 Å². The summed E-state index contributed by atoms with van der Waals surface area (Å²) in [7, 11) is 1.36. The van der Waals surface area contributed by atoms with Crippen LogP contribution in [0, 0.1) is 0 Å². The molecule has 4 rings (SSSR count). The van der Waals surface area contributed by atoms with Crippen LogP contribution >= 0.6 is 11.6 Å². The quantitative estimate of drug-likeness (QED) is 0.633. The van der Waals surface area contributed by atoms with Crippen molar-refractivity contribution in [3.8, 4) is 0 Å². The van der Waals surface area contributed by atoms with Crippen LogP contribution in [-0.4, -0.2) is 23.4 Å². The Bertz CT molecular complexity index is 1040. The number of hydrogen-bond donors (Lipinski definition) is 0. The fourth-order valence-electron chi connectivity index (χ4n) is 3.74. The Hall–Kier alpha value is -2.59. The molecule has 1 aliphatic carbocycles. The molecule has 2 aromatic carbocycles. The third-order valence-electron chi connectivity index (χ3n) is 4.97. The van der Waals surface area contributed by atoms with Crippen molar-refractivity contribution in [1.82, 2.24) is 4.57 Å². The summed E-state index contributed by atoms with van der Waals surface area (Å²) in [5.74, 6) is -0.240. The number of Topliss-reactive ketones (excluding diaryl/α,β-unsaturated/α-hetero) is 1. The first-order chi connectivity index (χ1) is 12.6. The molecule has 26 heavy (non-hydrogen) atoms. The van der Waals surface area contributed by atoms with Crippen LogP contribution in [0.4, 0.5) is 0 Å². The largest absolute Gasteiger partial charge is 0.465 e. The predicted molar refractivity (Wildman–Crippen MR) is 101 cm³/mol. The first-order valence-electron chi connectivity index (χ1n) is 8.60. The molecule has 0 aliphatic heterocycles. The molecule has 1 aromatic heterocycles. The predicted octanol–water partition coefficient (Wildman–Crippen LogP) is 4.65. The lowest BCUT2D eigenvalue weighted by molar-refractivity contribution is 0.0600. The first-order valence-corrected chi connectivity index (χ1v) is 8.98. The average molecular weight is 368 g/mol. The van der Waals surface area contributed by atoms with Gasteiger partial charge >= 0.3 is 5.97 Å². The number of hydrogen-bond acceptors (Lipinski definition) is 3. The number of ether oxygens (including phenoxy) is 1. The standard InChI is InChI=1S/C21H18ClNO3/c1-26-21(25)13-9-10-15-16-6-4-8-19(24)20(16)23(18(15)11-13)12-14-5-2-3-7-17(14)22/h2-3,5,7,9-11H,4,6,8,12H2,1H3. The van der Waals surface area contributed by atoms with E-state index in [9.17, 15) is 9.59 Å². The lowest BCUT2D eigenvalue weighted by Gasteiger charge is -2.15. The number of carbonyl (C=O) groups excluding carboxylic acids is 2. The van der Waals surface area contributed by atoms with Gasteiger partial charge in [0, 0.05) is 23.4 Å². The molecule has 0 amide bonds. The van der Waals surface area contributed by atoms with Crippen LogP contribution in [0.1, 0.15) is 44.8 Å². The molecule has 0 radical (unpaired) electrons. The Kier molecular flexibility index (Phi) is 4.29. The number of aromatic nitrogens is 1. The summed E-state index contributed by atoms with van der Waals surface area (Å²) in [5, 5.41) is 1.68. The molecule has 0 saturated heterocycles. The SMILES string of the molecule is COC(=O)c1ccc2c3c(n(Cc4ccccc4Cl)c2c1)C(=O)CCC3. The maximum absolute atomic E-state index is 12.7. The number of methoxy groups -OCH3 is 1. The summed E-state index contributed by atoms with van der Waals surface area (Å²) in [6, 6.07) is 13.1. The number of esters is 1. The molecule has 3 aromatic rings. The maximum Gasteiger partial charge on any atom is 0.337 e. The fraction of sp³-hybridized carbons (Fsp3) is 0.238. The van der Waals surface area contributed by atoms with E-state index < -0.39 is 0 Å². The Labute approximate surface area is 156 Å². The van der Waals surface area contributed by atoms with Crippen LogP contribution < -0.4 is 0 Å². The highest BCUT2D eigenvalue weighted by Crippen LogP contribution is 2.34. The van der Waals surface area contributed by atoms with Gasteiger partial charge in [-0.05, 0) is 42.2 Å². The normalized spacial score (nSPS) is 13.7. The molecule has 0 bridgehead atoms. The van der Waals surface area contributed by atoms with Crippen LogP contribution in [0.3, 0.4) is 0 Å². The number of carbonyl (C=O) groups is 2. The Morgan fingerprint density at radius 3 is 2.77 bits per heavy atom. The van der Waals surface area contributed by atoms with E-state index in [1.54, 1.807) is 6.07 Å². The van der Waals surface area contributed by atoms with Crippen LogP contribution in [0.25, 0.3) is 10.9 Å². The van der Waals surface area contributed by atoms with Crippen molar-refractivity contribution < 1.29 is 14.3 Å². The third-order valence-corrected chi connectivity index (χ3v) is 5.34. The summed E-state index contributed by atoms with van der Waals surface area (Å²) in [6.45, 7) is 0.488. The van der Waals surface area contributed by atoms with Gasteiger partial charge in [-0.25, -0.2) is 4.79 Å². The van der Waals surface area contributed by atoms with Gasteiger partial charge < -0.3 is 9.30 Å². The van der Waals surface area contributed by atoms with Gasteiger partial charge in [0.1, 0.15) is 0 Å². The number of fused-ring (bicyclic) bond motifs is 3. The molecule has 5 heteroatoms. The van der Waals surface area contributed by atoms with Gasteiger partial charge in [0.2, 0.25) is 0 Å². The minimum absolute atomic E-state index is 0.147. The molecule has 0 fully saturated rings. The zero-order valence-electron chi connectivity index (χ0n) is 14.4. The topological polar surface area (TPSA) is 48.3 Å². The second-order valence-electron chi connectivity index (χ2n) is 6.50. The minimum atomic E-state index is -0.387. The van der Waals surface area contributed by atoms with Crippen molar-refractivity contribution in [2.75, 3.05) is 7.11 Å². The summed E-state index contributed by atoms with van der Waals surface area (Å²) >= 11 is 6.34.